The Morgan fingerprint density at radius 1 is 1.03 bits per heavy atom. The van der Waals surface area contributed by atoms with Crippen LogP contribution in [0, 0.1) is 17.6 Å². The number of aryl methyl sites for hydroxylation is 1. The summed E-state index contributed by atoms with van der Waals surface area (Å²) >= 11 is 0. The number of carbonyl (C=O) groups excluding carboxylic acids is 1. The highest BCUT2D eigenvalue weighted by Gasteiger charge is 2.22. The average Bonchev–Trinajstić information content (AvgIpc) is 3.18. The normalized spacial score (nSPS) is 11.4. The van der Waals surface area contributed by atoms with Crippen LogP contribution in [0.2, 0.25) is 0 Å². The van der Waals surface area contributed by atoms with Crippen LogP contribution in [0.3, 0.4) is 0 Å². The standard InChI is InChI=1S/C25H18F3N5O/c1-2-4-20-32-23-16(25(29)34)11-13(14-7-9-31-24(28)21(14)27)12-19(23)33(20)18-8-10-30-22-15(18)5-3-6-17(22)26/h3,5-12H,2,4H2,1H3,(H2,29,34). The highest BCUT2D eigenvalue weighted by atomic mass is 19.2. The van der Waals surface area contributed by atoms with Crippen molar-refractivity contribution < 1.29 is 18.0 Å². The second-order valence-corrected chi connectivity index (χ2v) is 7.80. The van der Waals surface area contributed by atoms with Gasteiger partial charge in [0.15, 0.2) is 5.82 Å². The first-order valence-electron chi connectivity index (χ1n) is 10.6. The molecule has 0 fully saturated rings. The number of nitrogens with two attached hydrogens (primary N) is 1. The number of hydrogen-bond donors (Lipinski definition) is 1. The fraction of sp³-hybridized carbons (Fsp3) is 0.120. The molecule has 0 unspecified atom stereocenters. The number of amides is 1. The predicted molar refractivity (Wildman–Crippen MR) is 122 cm³/mol. The van der Waals surface area contributed by atoms with Crippen LogP contribution in [0.1, 0.15) is 29.5 Å². The van der Waals surface area contributed by atoms with Crippen LogP contribution in [0.25, 0.3) is 38.8 Å². The van der Waals surface area contributed by atoms with Crippen LogP contribution < -0.4 is 5.73 Å². The van der Waals surface area contributed by atoms with E-state index in [4.69, 9.17) is 5.73 Å². The highest BCUT2D eigenvalue weighted by molar-refractivity contribution is 6.07. The van der Waals surface area contributed by atoms with E-state index in [0.717, 1.165) is 12.6 Å². The molecule has 0 spiro atoms. The Morgan fingerprint density at radius 2 is 1.82 bits per heavy atom. The van der Waals surface area contributed by atoms with Gasteiger partial charge in [-0.3, -0.25) is 14.3 Å². The maximum Gasteiger partial charge on any atom is 0.250 e. The molecule has 1 amide bonds. The van der Waals surface area contributed by atoms with E-state index in [1.54, 1.807) is 28.8 Å². The van der Waals surface area contributed by atoms with Gasteiger partial charge in [0.05, 0.1) is 16.8 Å². The summed E-state index contributed by atoms with van der Waals surface area (Å²) in [6.45, 7) is 1.98. The SMILES string of the molecule is CCCc1nc2c(C(N)=O)cc(-c3ccnc(F)c3F)cc2n1-c1ccnc2c(F)cccc12. The molecule has 0 saturated carbocycles. The van der Waals surface area contributed by atoms with Crippen molar-refractivity contribution in [3.63, 3.8) is 0 Å². The Hall–Kier alpha value is -4.27. The largest absolute Gasteiger partial charge is 0.366 e. The van der Waals surface area contributed by atoms with Crippen LogP contribution in [0.15, 0.2) is 54.9 Å². The molecule has 2 N–H and O–H groups in total. The Bertz CT molecular complexity index is 1600. The number of halogens is 3. The highest BCUT2D eigenvalue weighted by Crippen LogP contribution is 2.34. The van der Waals surface area contributed by atoms with Crippen LogP contribution in [-0.2, 0) is 6.42 Å². The number of para-hydroxylation sites is 1. The summed E-state index contributed by atoms with van der Waals surface area (Å²) in [7, 11) is 0. The smallest absolute Gasteiger partial charge is 0.250 e. The molecule has 0 aliphatic heterocycles. The molecule has 0 saturated heterocycles. The second kappa shape index (κ2) is 8.26. The van der Waals surface area contributed by atoms with E-state index < -0.39 is 23.5 Å². The van der Waals surface area contributed by atoms with E-state index in [0.29, 0.717) is 34.4 Å². The zero-order valence-corrected chi connectivity index (χ0v) is 18.0. The predicted octanol–water partition coefficient (Wildman–Crippen LogP) is 5.10. The molecular formula is C25H18F3N5O. The van der Waals surface area contributed by atoms with Crippen molar-refractivity contribution in [1.82, 2.24) is 19.5 Å². The number of benzene rings is 2. The van der Waals surface area contributed by atoms with E-state index in [1.165, 1.54) is 24.4 Å². The first-order chi connectivity index (χ1) is 16.4. The lowest BCUT2D eigenvalue weighted by Gasteiger charge is -2.13. The van der Waals surface area contributed by atoms with Crippen LogP contribution in [-0.4, -0.2) is 25.4 Å². The number of imidazole rings is 1. The summed E-state index contributed by atoms with van der Waals surface area (Å²) in [5.41, 5.74) is 7.39. The summed E-state index contributed by atoms with van der Waals surface area (Å²) in [4.78, 5) is 24.5. The minimum atomic E-state index is -1.26. The van der Waals surface area contributed by atoms with Crippen LogP contribution in [0.5, 0.6) is 0 Å². The van der Waals surface area contributed by atoms with Gasteiger partial charge in [-0.1, -0.05) is 19.1 Å². The van der Waals surface area contributed by atoms with Crippen molar-refractivity contribution in [3.8, 4) is 16.8 Å². The maximum atomic E-state index is 14.6. The van der Waals surface area contributed by atoms with Gasteiger partial charge in [-0.25, -0.2) is 18.7 Å². The van der Waals surface area contributed by atoms with Crippen molar-refractivity contribution in [2.24, 2.45) is 5.73 Å². The van der Waals surface area contributed by atoms with Gasteiger partial charge in [-0.2, -0.15) is 4.39 Å². The van der Waals surface area contributed by atoms with E-state index in [9.17, 15) is 18.0 Å². The molecular weight excluding hydrogens is 443 g/mol. The molecule has 6 nitrogen and oxygen atoms in total. The Morgan fingerprint density at radius 3 is 2.59 bits per heavy atom. The van der Waals surface area contributed by atoms with Gasteiger partial charge in [-0.05, 0) is 42.3 Å². The third-order valence-electron chi connectivity index (χ3n) is 5.67. The van der Waals surface area contributed by atoms with Gasteiger partial charge >= 0.3 is 0 Å². The van der Waals surface area contributed by atoms with E-state index in [1.807, 2.05) is 6.92 Å². The molecule has 170 valence electrons. The molecule has 0 aliphatic carbocycles. The molecule has 5 aromatic rings. The van der Waals surface area contributed by atoms with Crippen LogP contribution >= 0.6 is 0 Å². The minimum Gasteiger partial charge on any atom is -0.366 e. The molecule has 3 aromatic heterocycles. The molecule has 5 rings (SSSR count). The third kappa shape index (κ3) is 3.37. The molecule has 9 heteroatoms. The van der Waals surface area contributed by atoms with Crippen molar-refractivity contribution in [3.05, 3.63) is 83.8 Å². The van der Waals surface area contributed by atoms with E-state index in [-0.39, 0.29) is 22.2 Å². The van der Waals surface area contributed by atoms with Crippen molar-refractivity contribution in [2.45, 2.75) is 19.8 Å². The topological polar surface area (TPSA) is 86.7 Å². The third-order valence-corrected chi connectivity index (χ3v) is 5.67. The molecule has 2 aromatic carbocycles. The van der Waals surface area contributed by atoms with Gasteiger partial charge in [-0.15, -0.1) is 0 Å². The Balaban J connectivity index is 1.91. The number of aromatic nitrogens is 4. The first kappa shape index (κ1) is 21.6. The van der Waals surface area contributed by atoms with Gasteiger partial charge in [0.25, 0.3) is 5.91 Å². The molecule has 0 aliphatic rings. The summed E-state index contributed by atoms with van der Waals surface area (Å²) in [6, 6.07) is 10.7. The summed E-state index contributed by atoms with van der Waals surface area (Å²) < 4.78 is 44.7. The maximum absolute atomic E-state index is 14.6. The van der Waals surface area contributed by atoms with Gasteiger partial charge in [0.2, 0.25) is 5.95 Å². The van der Waals surface area contributed by atoms with E-state index in [2.05, 4.69) is 15.0 Å². The van der Waals surface area contributed by atoms with Crippen LogP contribution in [0.4, 0.5) is 13.2 Å². The number of rotatable bonds is 5. The Labute approximate surface area is 191 Å². The molecule has 34 heavy (non-hydrogen) atoms. The lowest BCUT2D eigenvalue weighted by Crippen LogP contribution is -2.12. The number of primary amides is 1. The summed E-state index contributed by atoms with van der Waals surface area (Å²) in [5.74, 6) is -3.04. The quantitative estimate of drug-likeness (QED) is 0.369. The number of hydrogen-bond acceptors (Lipinski definition) is 4. The summed E-state index contributed by atoms with van der Waals surface area (Å²) in [6.07, 6.45) is 3.91. The van der Waals surface area contributed by atoms with Crippen molar-refractivity contribution >= 4 is 27.8 Å². The van der Waals surface area contributed by atoms with Crippen molar-refractivity contribution in [1.29, 1.82) is 0 Å². The molecule has 0 bridgehead atoms. The zero-order chi connectivity index (χ0) is 24.0. The fourth-order valence-electron chi connectivity index (χ4n) is 4.19. The molecule has 3 heterocycles. The summed E-state index contributed by atoms with van der Waals surface area (Å²) in [5, 5.41) is 0.534. The first-order valence-corrected chi connectivity index (χ1v) is 10.6. The van der Waals surface area contributed by atoms with Gasteiger partial charge < -0.3 is 5.73 Å². The second-order valence-electron chi connectivity index (χ2n) is 7.80. The lowest BCUT2D eigenvalue weighted by molar-refractivity contribution is 0.100. The average molecular weight is 461 g/mol. The van der Waals surface area contributed by atoms with Gasteiger partial charge in [0, 0.05) is 29.8 Å². The molecule has 0 atom stereocenters. The fourth-order valence-corrected chi connectivity index (χ4v) is 4.19. The van der Waals surface area contributed by atoms with E-state index >= 15 is 0 Å². The number of pyridine rings is 2. The number of fused-ring (bicyclic) bond motifs is 2. The zero-order valence-electron chi connectivity index (χ0n) is 18.0. The lowest BCUT2D eigenvalue weighted by atomic mass is 10.0. The number of carbonyl (C=O) groups is 1. The van der Waals surface area contributed by atoms with Gasteiger partial charge in [0.1, 0.15) is 22.7 Å². The van der Waals surface area contributed by atoms with Crippen molar-refractivity contribution in [2.75, 3.05) is 0 Å². The monoisotopic (exact) mass is 461 g/mol. The Kier molecular flexibility index (Phi) is 5.24. The molecule has 0 radical (unpaired) electrons. The number of nitrogens with zero attached hydrogens (tertiary/aromatic N) is 4. The minimum absolute atomic E-state index is 0.0600.